The van der Waals surface area contributed by atoms with Gasteiger partial charge in [-0.05, 0) is 36.4 Å². The Bertz CT molecular complexity index is 1090. The van der Waals surface area contributed by atoms with E-state index in [0.717, 1.165) is 27.8 Å². The summed E-state index contributed by atoms with van der Waals surface area (Å²) in [6, 6.07) is 15.2. The monoisotopic (exact) mass is 345 g/mol. The minimum absolute atomic E-state index is 0.279. The maximum atomic E-state index is 12.3. The Morgan fingerprint density at radius 2 is 1.81 bits per heavy atom. The topological polar surface area (TPSA) is 63.9 Å². The largest absolute Gasteiger partial charge is 0.351 e. The van der Waals surface area contributed by atoms with Crippen molar-refractivity contribution < 1.29 is 4.79 Å². The summed E-state index contributed by atoms with van der Waals surface area (Å²) < 4.78 is 3.93. The van der Waals surface area contributed by atoms with Crippen molar-refractivity contribution in [3.05, 3.63) is 67.3 Å². The lowest BCUT2D eigenvalue weighted by atomic mass is 10.1. The van der Waals surface area contributed by atoms with Gasteiger partial charge in [-0.15, -0.1) is 0 Å². The average Bonchev–Trinajstić information content (AvgIpc) is 3.21. The van der Waals surface area contributed by atoms with Gasteiger partial charge in [-0.3, -0.25) is 0 Å². The molecule has 0 saturated heterocycles. The third-order valence-electron chi connectivity index (χ3n) is 4.26. The van der Waals surface area contributed by atoms with E-state index >= 15 is 0 Å². The molecule has 2 N–H and O–H groups in total. The first-order valence-corrected chi connectivity index (χ1v) is 8.30. The standard InChI is InChI=1S/C20H19N5O/c1-24-12-18(21-13-24)14-4-3-5-16(10-14)22-20(26)23-17-6-7-19-15(11-17)8-9-25(19)2/h3-13H,1-2H3,(H2,22,23,26). The van der Waals surface area contributed by atoms with Crippen LogP contribution in [0.1, 0.15) is 0 Å². The number of nitrogens with zero attached hydrogens (tertiary/aromatic N) is 3. The smallest absolute Gasteiger partial charge is 0.323 e. The number of amides is 2. The van der Waals surface area contributed by atoms with Crippen LogP contribution in [0.15, 0.2) is 67.3 Å². The van der Waals surface area contributed by atoms with Crippen molar-refractivity contribution in [3.63, 3.8) is 0 Å². The Hall–Kier alpha value is -3.54. The predicted molar refractivity (Wildman–Crippen MR) is 104 cm³/mol. The fraction of sp³-hybridized carbons (Fsp3) is 0.100. The number of aromatic nitrogens is 3. The van der Waals surface area contributed by atoms with Crippen molar-refractivity contribution in [1.82, 2.24) is 14.1 Å². The summed E-state index contributed by atoms with van der Waals surface area (Å²) >= 11 is 0. The molecule has 0 aliphatic carbocycles. The number of carbonyl (C=O) groups is 1. The molecule has 0 unspecified atom stereocenters. The zero-order valence-electron chi connectivity index (χ0n) is 14.6. The highest BCUT2D eigenvalue weighted by Crippen LogP contribution is 2.22. The molecule has 6 nitrogen and oxygen atoms in total. The Labute approximate surface area is 151 Å². The second-order valence-corrected chi connectivity index (χ2v) is 6.28. The van der Waals surface area contributed by atoms with E-state index in [1.807, 2.05) is 84.2 Å². The van der Waals surface area contributed by atoms with Crippen LogP contribution in [-0.2, 0) is 14.1 Å². The van der Waals surface area contributed by atoms with Crippen LogP contribution in [-0.4, -0.2) is 20.1 Å². The molecule has 2 aromatic carbocycles. The number of fused-ring (bicyclic) bond motifs is 1. The van der Waals surface area contributed by atoms with E-state index in [0.29, 0.717) is 5.69 Å². The summed E-state index contributed by atoms with van der Waals surface area (Å²) in [6.45, 7) is 0. The van der Waals surface area contributed by atoms with E-state index in [2.05, 4.69) is 15.6 Å². The number of aryl methyl sites for hydroxylation is 2. The van der Waals surface area contributed by atoms with E-state index in [-0.39, 0.29) is 6.03 Å². The fourth-order valence-corrected chi connectivity index (χ4v) is 2.97. The predicted octanol–water partition coefficient (Wildman–Crippen LogP) is 4.22. The van der Waals surface area contributed by atoms with Gasteiger partial charge in [-0.2, -0.15) is 0 Å². The molecule has 0 aliphatic rings. The van der Waals surface area contributed by atoms with Crippen molar-refractivity contribution in [2.24, 2.45) is 14.1 Å². The number of imidazole rings is 1. The first kappa shape index (κ1) is 16.0. The van der Waals surface area contributed by atoms with Gasteiger partial charge in [0, 0.05) is 54.3 Å². The quantitative estimate of drug-likeness (QED) is 0.584. The molecule has 6 heteroatoms. The third-order valence-corrected chi connectivity index (χ3v) is 4.26. The maximum Gasteiger partial charge on any atom is 0.323 e. The molecule has 4 aromatic rings. The zero-order valence-corrected chi connectivity index (χ0v) is 14.6. The molecule has 2 aromatic heterocycles. The van der Waals surface area contributed by atoms with Crippen LogP contribution in [0.4, 0.5) is 16.2 Å². The highest BCUT2D eigenvalue weighted by atomic mass is 16.2. The van der Waals surface area contributed by atoms with Crippen molar-refractivity contribution >= 4 is 28.3 Å². The minimum atomic E-state index is -0.279. The number of benzene rings is 2. The first-order valence-electron chi connectivity index (χ1n) is 8.30. The molecule has 0 radical (unpaired) electrons. The lowest BCUT2D eigenvalue weighted by Gasteiger charge is -2.09. The molecule has 0 bridgehead atoms. The van der Waals surface area contributed by atoms with Crippen LogP contribution in [0, 0.1) is 0 Å². The summed E-state index contributed by atoms with van der Waals surface area (Å²) in [6.07, 6.45) is 5.69. The molecule has 130 valence electrons. The SMILES string of the molecule is Cn1cnc(-c2cccc(NC(=O)Nc3ccc4c(ccn4C)c3)c2)c1. The van der Waals surface area contributed by atoms with Gasteiger partial charge in [0.25, 0.3) is 0 Å². The lowest BCUT2D eigenvalue weighted by Crippen LogP contribution is -2.19. The van der Waals surface area contributed by atoms with Gasteiger partial charge >= 0.3 is 6.03 Å². The number of nitrogens with one attached hydrogen (secondary N) is 2. The molecular weight excluding hydrogens is 326 g/mol. The van der Waals surface area contributed by atoms with Crippen molar-refractivity contribution in [2.45, 2.75) is 0 Å². The van der Waals surface area contributed by atoms with Gasteiger partial charge < -0.3 is 19.8 Å². The zero-order chi connectivity index (χ0) is 18.1. The molecule has 0 spiro atoms. The minimum Gasteiger partial charge on any atom is -0.351 e. The number of rotatable bonds is 3. The van der Waals surface area contributed by atoms with Gasteiger partial charge in [0.2, 0.25) is 0 Å². The van der Waals surface area contributed by atoms with Crippen LogP contribution >= 0.6 is 0 Å². The van der Waals surface area contributed by atoms with Crippen molar-refractivity contribution in [3.8, 4) is 11.3 Å². The summed E-state index contributed by atoms with van der Waals surface area (Å²) in [5.41, 5.74) is 4.41. The molecule has 0 fully saturated rings. The fourth-order valence-electron chi connectivity index (χ4n) is 2.97. The van der Waals surface area contributed by atoms with E-state index < -0.39 is 0 Å². The Kier molecular flexibility index (Phi) is 3.93. The number of carbonyl (C=O) groups excluding carboxylic acids is 1. The van der Waals surface area contributed by atoms with E-state index in [4.69, 9.17) is 0 Å². The number of urea groups is 1. The van der Waals surface area contributed by atoms with Gasteiger partial charge in [0.05, 0.1) is 12.0 Å². The second kappa shape index (κ2) is 6.40. The molecule has 0 aliphatic heterocycles. The molecular formula is C20H19N5O. The van der Waals surface area contributed by atoms with E-state index in [9.17, 15) is 4.79 Å². The van der Waals surface area contributed by atoms with Gasteiger partial charge in [0.15, 0.2) is 0 Å². The van der Waals surface area contributed by atoms with Crippen molar-refractivity contribution in [1.29, 1.82) is 0 Å². The Morgan fingerprint density at radius 1 is 1.00 bits per heavy atom. The van der Waals surface area contributed by atoms with Gasteiger partial charge in [0.1, 0.15) is 0 Å². The number of anilines is 2. The van der Waals surface area contributed by atoms with Gasteiger partial charge in [-0.25, -0.2) is 9.78 Å². The summed E-state index contributed by atoms with van der Waals surface area (Å²) in [4.78, 5) is 16.7. The second-order valence-electron chi connectivity index (χ2n) is 6.28. The third kappa shape index (κ3) is 3.17. The maximum absolute atomic E-state index is 12.3. The number of hydrogen-bond acceptors (Lipinski definition) is 2. The molecule has 0 saturated carbocycles. The highest BCUT2D eigenvalue weighted by molar-refractivity contribution is 6.01. The Morgan fingerprint density at radius 3 is 2.58 bits per heavy atom. The van der Waals surface area contributed by atoms with Crippen LogP contribution in [0.25, 0.3) is 22.2 Å². The molecule has 26 heavy (non-hydrogen) atoms. The average molecular weight is 345 g/mol. The van der Waals surface area contributed by atoms with Crippen molar-refractivity contribution in [2.75, 3.05) is 10.6 Å². The molecule has 2 amide bonds. The lowest BCUT2D eigenvalue weighted by molar-refractivity contribution is 0.262. The van der Waals surface area contributed by atoms with Gasteiger partial charge in [-0.1, -0.05) is 12.1 Å². The van der Waals surface area contributed by atoms with Crippen LogP contribution in [0.2, 0.25) is 0 Å². The molecule has 4 rings (SSSR count). The van der Waals surface area contributed by atoms with Crippen LogP contribution < -0.4 is 10.6 Å². The number of hydrogen-bond donors (Lipinski definition) is 2. The van der Waals surface area contributed by atoms with E-state index in [1.54, 1.807) is 6.33 Å². The normalized spacial score (nSPS) is 10.8. The summed E-state index contributed by atoms with van der Waals surface area (Å²) in [5, 5.41) is 6.83. The van der Waals surface area contributed by atoms with E-state index in [1.165, 1.54) is 0 Å². The molecule has 2 heterocycles. The highest BCUT2D eigenvalue weighted by Gasteiger charge is 2.07. The Balaban J connectivity index is 1.49. The molecule has 0 atom stereocenters. The van der Waals surface area contributed by atoms with Crippen LogP contribution in [0.3, 0.4) is 0 Å². The van der Waals surface area contributed by atoms with Crippen LogP contribution in [0.5, 0.6) is 0 Å². The first-order chi connectivity index (χ1) is 12.6. The summed E-state index contributed by atoms with van der Waals surface area (Å²) in [5.74, 6) is 0. The summed E-state index contributed by atoms with van der Waals surface area (Å²) in [7, 11) is 3.92.